The highest BCUT2D eigenvalue weighted by atomic mass is 16.6. The molecule has 0 saturated heterocycles. The van der Waals surface area contributed by atoms with Crippen LogP contribution in [-0.2, 0) is 0 Å². The first-order chi connectivity index (χ1) is 10.1. The Hall–Kier alpha value is -3.10. The van der Waals surface area contributed by atoms with Crippen LogP contribution in [0.3, 0.4) is 0 Å². The van der Waals surface area contributed by atoms with Crippen molar-refractivity contribution in [2.75, 3.05) is 12.4 Å². The van der Waals surface area contributed by atoms with E-state index < -0.39 is 4.92 Å². The van der Waals surface area contributed by atoms with Gasteiger partial charge in [-0.25, -0.2) is 4.98 Å². The summed E-state index contributed by atoms with van der Waals surface area (Å²) in [7, 11) is 1.64. The lowest BCUT2D eigenvalue weighted by atomic mass is 10.3. The number of anilines is 1. The van der Waals surface area contributed by atoms with Crippen LogP contribution in [0.1, 0.15) is 5.69 Å². The third-order valence-electron chi connectivity index (χ3n) is 3.00. The Labute approximate surface area is 118 Å². The van der Waals surface area contributed by atoms with Crippen LogP contribution in [0.4, 0.5) is 11.6 Å². The minimum absolute atomic E-state index is 0.0885. The summed E-state index contributed by atoms with van der Waals surface area (Å²) in [6.45, 7) is 1.56. The van der Waals surface area contributed by atoms with E-state index >= 15 is 0 Å². The zero-order chi connectivity index (χ0) is 15.0. The fourth-order valence-electron chi connectivity index (χ4n) is 2.05. The van der Waals surface area contributed by atoms with Gasteiger partial charge >= 0.3 is 5.69 Å². The van der Waals surface area contributed by atoms with Gasteiger partial charge in [-0.1, -0.05) is 17.3 Å². The molecule has 0 bridgehead atoms. The smallest absolute Gasteiger partial charge is 0.334 e. The van der Waals surface area contributed by atoms with Crippen molar-refractivity contribution in [3.63, 3.8) is 0 Å². The van der Waals surface area contributed by atoms with Gasteiger partial charge in [-0.15, -0.1) is 5.10 Å². The number of nitrogens with zero attached hydrogens (tertiary/aromatic N) is 6. The zero-order valence-corrected chi connectivity index (χ0v) is 11.3. The summed E-state index contributed by atoms with van der Waals surface area (Å²) in [4.78, 5) is 19.0. The first-order valence-corrected chi connectivity index (χ1v) is 6.13. The molecule has 0 aliphatic heterocycles. The maximum absolute atomic E-state index is 11.3. The van der Waals surface area contributed by atoms with E-state index in [4.69, 9.17) is 0 Å². The highest BCUT2D eigenvalue weighted by Crippen LogP contribution is 2.26. The topological polar surface area (TPSA) is 112 Å². The number of hydrogen-bond acceptors (Lipinski definition) is 7. The average molecular weight is 285 g/mol. The second-order valence-electron chi connectivity index (χ2n) is 4.30. The Morgan fingerprint density at radius 3 is 2.76 bits per heavy atom. The predicted molar refractivity (Wildman–Crippen MR) is 75.4 cm³/mol. The van der Waals surface area contributed by atoms with Crippen LogP contribution in [0.5, 0.6) is 0 Å². The largest absolute Gasteiger partial charge is 0.357 e. The van der Waals surface area contributed by atoms with Crippen molar-refractivity contribution in [3.8, 4) is 5.82 Å². The lowest BCUT2D eigenvalue weighted by Gasteiger charge is -2.07. The lowest BCUT2D eigenvalue weighted by Crippen LogP contribution is -2.10. The van der Waals surface area contributed by atoms with E-state index in [-0.39, 0.29) is 23.1 Å². The van der Waals surface area contributed by atoms with E-state index in [2.05, 4.69) is 25.6 Å². The minimum Gasteiger partial charge on any atom is -0.357 e. The Kier molecular flexibility index (Phi) is 2.94. The molecule has 0 atom stereocenters. The molecule has 1 aromatic carbocycles. The van der Waals surface area contributed by atoms with Crippen molar-refractivity contribution >= 4 is 22.7 Å². The summed E-state index contributed by atoms with van der Waals surface area (Å²) in [5.41, 5.74) is 1.34. The van der Waals surface area contributed by atoms with Crippen LogP contribution in [0.25, 0.3) is 16.9 Å². The van der Waals surface area contributed by atoms with Crippen molar-refractivity contribution in [2.45, 2.75) is 6.92 Å². The van der Waals surface area contributed by atoms with Gasteiger partial charge in [-0.05, 0) is 19.1 Å². The summed E-state index contributed by atoms with van der Waals surface area (Å²) < 4.78 is 1.35. The molecular weight excluding hydrogens is 274 g/mol. The van der Waals surface area contributed by atoms with Crippen LogP contribution >= 0.6 is 0 Å². The fraction of sp³-hybridized carbons (Fsp3) is 0.167. The van der Waals surface area contributed by atoms with E-state index in [1.165, 1.54) is 4.68 Å². The summed E-state index contributed by atoms with van der Waals surface area (Å²) in [5.74, 6) is 0.373. The molecule has 3 aromatic rings. The molecule has 0 aliphatic rings. The van der Waals surface area contributed by atoms with Crippen LogP contribution in [0.15, 0.2) is 24.3 Å². The molecule has 3 rings (SSSR count). The van der Waals surface area contributed by atoms with Gasteiger partial charge in [0.15, 0.2) is 0 Å². The number of hydrogen-bond donors (Lipinski definition) is 1. The van der Waals surface area contributed by atoms with Crippen LogP contribution in [-0.4, -0.2) is 36.9 Å². The van der Waals surface area contributed by atoms with Crippen molar-refractivity contribution in [3.05, 3.63) is 40.1 Å². The standard InChI is InChI=1S/C12H11N7O2/c1-7-10(19(20)21)11(15-12(13-2)14-7)18-9-6-4-3-5-8(9)16-17-18/h3-6H,1-2H3,(H,13,14,15). The third kappa shape index (κ3) is 2.04. The highest BCUT2D eigenvalue weighted by Gasteiger charge is 2.25. The fourth-order valence-corrected chi connectivity index (χ4v) is 2.05. The zero-order valence-electron chi connectivity index (χ0n) is 11.3. The molecule has 0 aliphatic carbocycles. The van der Waals surface area contributed by atoms with E-state index in [0.29, 0.717) is 11.0 Å². The number of aromatic nitrogens is 5. The maximum Gasteiger partial charge on any atom is 0.334 e. The van der Waals surface area contributed by atoms with Gasteiger partial charge in [0.05, 0.1) is 10.4 Å². The molecule has 9 heteroatoms. The molecule has 0 fully saturated rings. The number of benzene rings is 1. The predicted octanol–water partition coefficient (Wildman–Crippen LogP) is 1.47. The molecule has 2 heterocycles. The number of nitrogens with one attached hydrogen (secondary N) is 1. The lowest BCUT2D eigenvalue weighted by molar-refractivity contribution is -0.385. The molecule has 2 aromatic heterocycles. The molecule has 9 nitrogen and oxygen atoms in total. The monoisotopic (exact) mass is 285 g/mol. The quantitative estimate of drug-likeness (QED) is 0.572. The Bertz CT molecular complexity index is 843. The van der Waals surface area contributed by atoms with Crippen molar-refractivity contribution < 1.29 is 4.92 Å². The summed E-state index contributed by atoms with van der Waals surface area (Å²) in [5, 5.41) is 22.1. The Morgan fingerprint density at radius 1 is 1.29 bits per heavy atom. The maximum atomic E-state index is 11.3. The highest BCUT2D eigenvalue weighted by molar-refractivity contribution is 5.76. The molecule has 21 heavy (non-hydrogen) atoms. The van der Waals surface area contributed by atoms with E-state index in [1.807, 2.05) is 6.07 Å². The molecule has 1 N–H and O–H groups in total. The van der Waals surface area contributed by atoms with Gasteiger partial charge in [-0.2, -0.15) is 9.67 Å². The van der Waals surface area contributed by atoms with Gasteiger partial charge < -0.3 is 5.32 Å². The van der Waals surface area contributed by atoms with Gasteiger partial charge in [-0.3, -0.25) is 10.1 Å². The summed E-state index contributed by atoms with van der Waals surface area (Å²) in [6, 6.07) is 7.17. The van der Waals surface area contributed by atoms with Crippen molar-refractivity contribution in [1.82, 2.24) is 25.0 Å². The summed E-state index contributed by atoms with van der Waals surface area (Å²) >= 11 is 0. The van der Waals surface area contributed by atoms with Gasteiger partial charge in [0, 0.05) is 7.05 Å². The number of fused-ring (bicyclic) bond motifs is 1. The van der Waals surface area contributed by atoms with E-state index in [9.17, 15) is 10.1 Å². The van der Waals surface area contributed by atoms with Crippen LogP contribution in [0.2, 0.25) is 0 Å². The van der Waals surface area contributed by atoms with Crippen LogP contribution in [0, 0.1) is 17.0 Å². The minimum atomic E-state index is -0.513. The molecule has 0 saturated carbocycles. The molecule has 0 amide bonds. The molecule has 106 valence electrons. The van der Waals surface area contributed by atoms with Crippen LogP contribution < -0.4 is 5.32 Å². The Balaban J connectivity index is 2.35. The van der Waals surface area contributed by atoms with E-state index in [1.54, 1.807) is 32.2 Å². The normalized spacial score (nSPS) is 10.8. The molecule has 0 unspecified atom stereocenters. The SMILES string of the molecule is CNc1nc(C)c([N+](=O)[O-])c(-n2nnc3ccccc32)n1. The van der Waals surface area contributed by atoms with Crippen molar-refractivity contribution in [1.29, 1.82) is 0 Å². The van der Waals surface area contributed by atoms with Gasteiger partial charge in [0.1, 0.15) is 11.2 Å². The number of aryl methyl sites for hydroxylation is 1. The number of para-hydroxylation sites is 1. The third-order valence-corrected chi connectivity index (χ3v) is 3.00. The van der Waals surface area contributed by atoms with Gasteiger partial charge in [0.25, 0.3) is 0 Å². The number of nitro groups is 1. The summed E-state index contributed by atoms with van der Waals surface area (Å²) in [6.07, 6.45) is 0. The molecule has 0 radical (unpaired) electrons. The first-order valence-electron chi connectivity index (χ1n) is 6.13. The second kappa shape index (κ2) is 4.78. The Morgan fingerprint density at radius 2 is 2.05 bits per heavy atom. The number of rotatable bonds is 3. The molecule has 0 spiro atoms. The second-order valence-corrected chi connectivity index (χ2v) is 4.30. The molecular formula is C12H11N7O2. The first kappa shape index (κ1) is 12.9. The average Bonchev–Trinajstić information content (AvgIpc) is 2.89. The van der Waals surface area contributed by atoms with Crippen molar-refractivity contribution in [2.24, 2.45) is 0 Å². The van der Waals surface area contributed by atoms with E-state index in [0.717, 1.165) is 0 Å². The van der Waals surface area contributed by atoms with Gasteiger partial charge in [0.2, 0.25) is 11.8 Å².